The highest BCUT2D eigenvalue weighted by Gasteiger charge is 2.25. The lowest BCUT2D eigenvalue weighted by Gasteiger charge is -2.07. The van der Waals surface area contributed by atoms with Crippen LogP contribution in [0.25, 0.3) is 0 Å². The van der Waals surface area contributed by atoms with Gasteiger partial charge >= 0.3 is 5.56 Å². The van der Waals surface area contributed by atoms with Gasteiger partial charge in [-0.1, -0.05) is 15.9 Å². The van der Waals surface area contributed by atoms with Crippen molar-refractivity contribution in [2.75, 3.05) is 0 Å². The topological polar surface area (TPSA) is 44.1 Å². The minimum Gasteiger partial charge on any atom is -0.435 e. The van der Waals surface area contributed by atoms with Gasteiger partial charge in [-0.3, -0.25) is 4.79 Å². The van der Waals surface area contributed by atoms with Crippen molar-refractivity contribution in [3.63, 3.8) is 0 Å². The van der Waals surface area contributed by atoms with Crippen LogP contribution in [0.2, 0.25) is 0 Å². The zero-order valence-electron chi connectivity index (χ0n) is 9.54. The predicted molar refractivity (Wildman–Crippen MR) is 71.0 cm³/mol. The van der Waals surface area contributed by atoms with Crippen LogP contribution in [0.5, 0.6) is 11.6 Å². The first-order valence-corrected chi connectivity index (χ1v) is 6.54. The molecule has 5 heteroatoms. The first-order chi connectivity index (χ1) is 8.74. The summed E-state index contributed by atoms with van der Waals surface area (Å²) in [6.45, 7) is 0. The molecule has 1 heterocycles. The van der Waals surface area contributed by atoms with E-state index >= 15 is 0 Å². The van der Waals surface area contributed by atoms with E-state index in [2.05, 4.69) is 20.9 Å². The fourth-order valence-electron chi connectivity index (χ4n) is 1.73. The molecular weight excluding hydrogens is 296 g/mol. The molecule has 1 aliphatic carbocycles. The van der Waals surface area contributed by atoms with Crippen molar-refractivity contribution in [3.05, 3.63) is 51.5 Å². The normalized spacial score (nSPS) is 14.5. The van der Waals surface area contributed by atoms with E-state index in [-0.39, 0.29) is 11.4 Å². The molecule has 1 saturated carbocycles. The molecule has 0 radical (unpaired) electrons. The average molecular weight is 307 g/mol. The lowest BCUT2D eigenvalue weighted by molar-refractivity contribution is 0.444. The van der Waals surface area contributed by atoms with E-state index in [0.717, 1.165) is 17.3 Å². The Bertz CT molecular complexity index is 618. The molecular formula is C13H11BrN2O2. The van der Waals surface area contributed by atoms with E-state index in [9.17, 15) is 4.79 Å². The van der Waals surface area contributed by atoms with Crippen LogP contribution in [-0.2, 0) is 0 Å². The monoisotopic (exact) mass is 306 g/mol. The molecule has 0 aliphatic heterocycles. The summed E-state index contributed by atoms with van der Waals surface area (Å²) in [6.07, 6.45) is 5.44. The van der Waals surface area contributed by atoms with Crippen molar-refractivity contribution in [2.45, 2.75) is 18.9 Å². The van der Waals surface area contributed by atoms with Crippen LogP contribution in [0, 0.1) is 0 Å². The summed E-state index contributed by atoms with van der Waals surface area (Å²) >= 11 is 3.35. The van der Waals surface area contributed by atoms with Crippen molar-refractivity contribution >= 4 is 15.9 Å². The van der Waals surface area contributed by atoms with Gasteiger partial charge in [0.2, 0.25) is 0 Å². The van der Waals surface area contributed by atoms with Gasteiger partial charge in [0.15, 0.2) is 0 Å². The van der Waals surface area contributed by atoms with Gasteiger partial charge < -0.3 is 9.30 Å². The molecule has 18 heavy (non-hydrogen) atoms. The Balaban J connectivity index is 1.90. The average Bonchev–Trinajstić information content (AvgIpc) is 3.19. The molecule has 1 fully saturated rings. The van der Waals surface area contributed by atoms with E-state index in [0.29, 0.717) is 11.8 Å². The molecule has 0 N–H and O–H groups in total. The van der Waals surface area contributed by atoms with Crippen LogP contribution >= 0.6 is 15.9 Å². The molecule has 0 saturated heterocycles. The quantitative estimate of drug-likeness (QED) is 0.875. The van der Waals surface area contributed by atoms with Crippen molar-refractivity contribution in [1.82, 2.24) is 9.55 Å². The largest absolute Gasteiger partial charge is 0.435 e. The van der Waals surface area contributed by atoms with Gasteiger partial charge in [-0.2, -0.15) is 0 Å². The molecule has 0 atom stereocenters. The second kappa shape index (κ2) is 4.57. The van der Waals surface area contributed by atoms with Crippen molar-refractivity contribution < 1.29 is 4.74 Å². The third kappa shape index (κ3) is 2.31. The van der Waals surface area contributed by atoms with Gasteiger partial charge in [-0.25, -0.2) is 4.98 Å². The van der Waals surface area contributed by atoms with E-state index in [1.165, 1.54) is 0 Å². The van der Waals surface area contributed by atoms with E-state index < -0.39 is 0 Å². The third-order valence-electron chi connectivity index (χ3n) is 2.80. The molecule has 3 rings (SSSR count). The first-order valence-electron chi connectivity index (χ1n) is 5.74. The number of benzene rings is 1. The molecule has 1 aromatic carbocycles. The SMILES string of the molecule is O=c1c(Oc2ccc(Br)cc2)nccn1C1CC1. The second-order valence-corrected chi connectivity index (χ2v) is 5.15. The Morgan fingerprint density at radius 3 is 2.67 bits per heavy atom. The van der Waals surface area contributed by atoms with Crippen LogP contribution < -0.4 is 10.3 Å². The smallest absolute Gasteiger partial charge is 0.313 e. The third-order valence-corrected chi connectivity index (χ3v) is 3.33. The number of hydrogen-bond acceptors (Lipinski definition) is 3. The van der Waals surface area contributed by atoms with Crippen molar-refractivity contribution in [2.24, 2.45) is 0 Å². The standard InChI is InChI=1S/C13H11BrN2O2/c14-9-1-5-11(6-2-9)18-12-13(17)16(8-7-15-12)10-3-4-10/h1-2,5-8,10H,3-4H2. The molecule has 4 nitrogen and oxygen atoms in total. The molecule has 92 valence electrons. The Hall–Kier alpha value is -1.62. The van der Waals surface area contributed by atoms with Crippen LogP contribution in [0.1, 0.15) is 18.9 Å². The number of rotatable bonds is 3. The Morgan fingerprint density at radius 2 is 2.00 bits per heavy atom. The fraction of sp³-hybridized carbons (Fsp3) is 0.231. The summed E-state index contributed by atoms with van der Waals surface area (Å²) in [4.78, 5) is 16.1. The first kappa shape index (κ1) is 11.5. The van der Waals surface area contributed by atoms with Crippen molar-refractivity contribution in [3.8, 4) is 11.6 Å². The molecule has 1 aromatic heterocycles. The zero-order valence-corrected chi connectivity index (χ0v) is 11.1. The summed E-state index contributed by atoms with van der Waals surface area (Å²) in [5.74, 6) is 0.739. The molecule has 1 aliphatic rings. The van der Waals surface area contributed by atoms with Gasteiger partial charge in [0.1, 0.15) is 5.75 Å². The number of nitrogens with zero attached hydrogens (tertiary/aromatic N) is 2. The minimum atomic E-state index is -0.164. The Morgan fingerprint density at radius 1 is 1.28 bits per heavy atom. The number of halogens is 1. The van der Waals surface area contributed by atoms with Crippen LogP contribution in [-0.4, -0.2) is 9.55 Å². The summed E-state index contributed by atoms with van der Waals surface area (Å²) < 4.78 is 8.18. The van der Waals surface area contributed by atoms with Crippen LogP contribution in [0.15, 0.2) is 45.9 Å². The van der Waals surface area contributed by atoms with Crippen LogP contribution in [0.3, 0.4) is 0 Å². The van der Waals surface area contributed by atoms with Gasteiger partial charge in [-0.15, -0.1) is 0 Å². The van der Waals surface area contributed by atoms with Crippen LogP contribution in [0.4, 0.5) is 0 Å². The van der Waals surface area contributed by atoms with E-state index in [1.54, 1.807) is 29.1 Å². The van der Waals surface area contributed by atoms with E-state index in [1.807, 2.05) is 12.1 Å². The molecule has 0 spiro atoms. The highest BCUT2D eigenvalue weighted by Crippen LogP contribution is 2.33. The van der Waals surface area contributed by atoms with E-state index in [4.69, 9.17) is 4.74 Å². The molecule has 0 unspecified atom stereocenters. The van der Waals surface area contributed by atoms with Gasteiger partial charge in [0.25, 0.3) is 5.88 Å². The zero-order chi connectivity index (χ0) is 12.5. The number of hydrogen-bond donors (Lipinski definition) is 0. The maximum absolute atomic E-state index is 12.1. The van der Waals surface area contributed by atoms with Crippen molar-refractivity contribution in [1.29, 1.82) is 0 Å². The molecule has 0 amide bonds. The summed E-state index contributed by atoms with van der Waals surface area (Å²) in [5, 5.41) is 0. The molecule has 0 bridgehead atoms. The second-order valence-electron chi connectivity index (χ2n) is 4.23. The van der Waals surface area contributed by atoms with Gasteiger partial charge in [0, 0.05) is 22.9 Å². The number of ether oxygens (including phenoxy) is 1. The minimum absolute atomic E-state index is 0.131. The lowest BCUT2D eigenvalue weighted by Crippen LogP contribution is -2.20. The summed E-state index contributed by atoms with van der Waals surface area (Å²) in [5.41, 5.74) is -0.164. The Labute approximate surface area is 112 Å². The highest BCUT2D eigenvalue weighted by molar-refractivity contribution is 9.10. The fourth-order valence-corrected chi connectivity index (χ4v) is 2.00. The summed E-state index contributed by atoms with van der Waals surface area (Å²) in [7, 11) is 0. The number of aromatic nitrogens is 2. The van der Waals surface area contributed by atoms with Gasteiger partial charge in [0.05, 0.1) is 0 Å². The summed E-state index contributed by atoms with van der Waals surface area (Å²) in [6, 6.07) is 7.63. The highest BCUT2D eigenvalue weighted by atomic mass is 79.9. The van der Waals surface area contributed by atoms with Gasteiger partial charge in [-0.05, 0) is 37.1 Å². The maximum atomic E-state index is 12.1. The lowest BCUT2D eigenvalue weighted by atomic mass is 10.3. The molecule has 2 aromatic rings. The maximum Gasteiger partial charge on any atom is 0.313 e. The Kier molecular flexibility index (Phi) is 2.91. The predicted octanol–water partition coefficient (Wildman–Crippen LogP) is 3.13.